The van der Waals surface area contributed by atoms with Crippen LogP contribution in [0.15, 0.2) is 5.16 Å². The fourth-order valence-electron chi connectivity index (χ4n) is 1.35. The second kappa shape index (κ2) is 7.09. The molecule has 0 radical (unpaired) electrons. The molecule has 0 saturated heterocycles. The van der Waals surface area contributed by atoms with Gasteiger partial charge in [0.25, 0.3) is 0 Å². The highest BCUT2D eigenvalue weighted by molar-refractivity contribution is 7.99. The van der Waals surface area contributed by atoms with E-state index in [2.05, 4.69) is 55.5 Å². The third-order valence-corrected chi connectivity index (χ3v) is 3.42. The van der Waals surface area contributed by atoms with Crippen molar-refractivity contribution in [3.63, 3.8) is 0 Å². The zero-order valence-electron chi connectivity index (χ0n) is 12.1. The van der Waals surface area contributed by atoms with Gasteiger partial charge in [-0.25, -0.2) is 4.68 Å². The van der Waals surface area contributed by atoms with Gasteiger partial charge < -0.3 is 5.32 Å². The smallest absolute Gasteiger partial charge is 0.209 e. The topological polar surface area (TPSA) is 55.6 Å². The molecule has 0 bridgehead atoms. The summed E-state index contributed by atoms with van der Waals surface area (Å²) in [5, 5.41) is 16.1. The standard InChI is InChI=1S/C12H25N5S/c1-10(2)13-7-8-17-11(14-15-16-17)18-9-6-12(3,4)5/h10,13H,6-9H2,1-5H3. The molecule has 1 aromatic heterocycles. The molecule has 1 N–H and O–H groups in total. The van der Waals surface area contributed by atoms with Crippen molar-refractivity contribution >= 4 is 11.8 Å². The monoisotopic (exact) mass is 271 g/mol. The van der Waals surface area contributed by atoms with Crippen molar-refractivity contribution in [1.29, 1.82) is 0 Å². The molecule has 0 aliphatic rings. The zero-order chi connectivity index (χ0) is 13.6. The Morgan fingerprint density at radius 3 is 2.67 bits per heavy atom. The van der Waals surface area contributed by atoms with E-state index in [0.717, 1.165) is 30.4 Å². The Bertz CT molecular complexity index is 342. The van der Waals surface area contributed by atoms with Crippen molar-refractivity contribution in [2.24, 2.45) is 5.41 Å². The molecule has 0 spiro atoms. The second-order valence-corrected chi connectivity index (χ2v) is 7.01. The molecule has 18 heavy (non-hydrogen) atoms. The highest BCUT2D eigenvalue weighted by Gasteiger charge is 2.12. The highest BCUT2D eigenvalue weighted by Crippen LogP contribution is 2.24. The van der Waals surface area contributed by atoms with Gasteiger partial charge in [-0.2, -0.15) is 0 Å². The van der Waals surface area contributed by atoms with Crippen LogP contribution in [-0.4, -0.2) is 38.5 Å². The molecule has 0 aromatic carbocycles. The minimum atomic E-state index is 0.366. The minimum absolute atomic E-state index is 0.366. The van der Waals surface area contributed by atoms with E-state index < -0.39 is 0 Å². The zero-order valence-corrected chi connectivity index (χ0v) is 12.9. The summed E-state index contributed by atoms with van der Waals surface area (Å²) in [6.45, 7) is 12.8. The van der Waals surface area contributed by atoms with Gasteiger partial charge in [0.05, 0.1) is 6.54 Å². The average Bonchev–Trinajstić information content (AvgIpc) is 2.63. The van der Waals surface area contributed by atoms with Crippen LogP contribution in [-0.2, 0) is 6.54 Å². The highest BCUT2D eigenvalue weighted by atomic mass is 32.2. The molecule has 6 heteroatoms. The Hall–Kier alpha value is -0.620. The van der Waals surface area contributed by atoms with Crippen LogP contribution in [0.1, 0.15) is 41.0 Å². The van der Waals surface area contributed by atoms with E-state index in [1.165, 1.54) is 0 Å². The summed E-state index contributed by atoms with van der Waals surface area (Å²) in [6.07, 6.45) is 1.16. The maximum atomic E-state index is 4.07. The van der Waals surface area contributed by atoms with Crippen molar-refractivity contribution in [1.82, 2.24) is 25.5 Å². The average molecular weight is 271 g/mol. The number of nitrogens with one attached hydrogen (secondary N) is 1. The first-order valence-electron chi connectivity index (χ1n) is 6.51. The molecule has 0 fully saturated rings. The molecule has 1 heterocycles. The van der Waals surface area contributed by atoms with Gasteiger partial charge in [0, 0.05) is 18.3 Å². The molecule has 0 aliphatic heterocycles. The summed E-state index contributed by atoms with van der Waals surface area (Å²) >= 11 is 1.74. The molecule has 1 aromatic rings. The van der Waals surface area contributed by atoms with Crippen molar-refractivity contribution in [2.75, 3.05) is 12.3 Å². The molecule has 0 amide bonds. The Morgan fingerprint density at radius 2 is 2.06 bits per heavy atom. The molecule has 0 unspecified atom stereocenters. The van der Waals surface area contributed by atoms with E-state index in [1.807, 2.05) is 4.68 Å². The van der Waals surface area contributed by atoms with Crippen molar-refractivity contribution in [3.8, 4) is 0 Å². The summed E-state index contributed by atoms with van der Waals surface area (Å²) in [7, 11) is 0. The number of aromatic nitrogens is 4. The van der Waals surface area contributed by atoms with Crippen LogP contribution < -0.4 is 5.32 Å². The molecule has 104 valence electrons. The third kappa shape index (κ3) is 6.35. The SMILES string of the molecule is CC(C)NCCn1nnnc1SCCC(C)(C)C. The molecular formula is C12H25N5S. The Balaban J connectivity index is 2.35. The number of nitrogens with zero attached hydrogens (tertiary/aromatic N) is 4. The normalized spacial score (nSPS) is 12.3. The van der Waals surface area contributed by atoms with Gasteiger partial charge in [-0.3, -0.25) is 0 Å². The number of thioether (sulfide) groups is 1. The summed E-state index contributed by atoms with van der Waals surface area (Å²) in [5.74, 6) is 1.06. The van der Waals surface area contributed by atoms with Crippen molar-refractivity contribution in [2.45, 2.75) is 58.8 Å². The fourth-order valence-corrected chi connectivity index (χ4v) is 2.62. The van der Waals surface area contributed by atoms with Crippen LogP contribution in [0.5, 0.6) is 0 Å². The summed E-state index contributed by atoms with van der Waals surface area (Å²) in [5.41, 5.74) is 0.366. The lowest BCUT2D eigenvalue weighted by molar-refractivity contribution is 0.401. The van der Waals surface area contributed by atoms with Crippen LogP contribution in [0.2, 0.25) is 0 Å². The molecule has 0 saturated carbocycles. The van der Waals surface area contributed by atoms with E-state index in [1.54, 1.807) is 11.8 Å². The lowest BCUT2D eigenvalue weighted by atomic mass is 9.94. The molecule has 0 atom stereocenters. The summed E-state index contributed by atoms with van der Waals surface area (Å²) in [4.78, 5) is 0. The largest absolute Gasteiger partial charge is 0.313 e. The third-order valence-electron chi connectivity index (χ3n) is 2.46. The van der Waals surface area contributed by atoms with Crippen LogP contribution in [0.3, 0.4) is 0 Å². The quantitative estimate of drug-likeness (QED) is 0.771. The maximum Gasteiger partial charge on any atom is 0.209 e. The van der Waals surface area contributed by atoms with Crippen LogP contribution in [0.25, 0.3) is 0 Å². The summed E-state index contributed by atoms with van der Waals surface area (Å²) < 4.78 is 1.88. The van der Waals surface area contributed by atoms with Gasteiger partial charge in [-0.15, -0.1) is 5.10 Å². The van der Waals surface area contributed by atoms with Crippen molar-refractivity contribution < 1.29 is 0 Å². The first-order chi connectivity index (χ1) is 8.38. The van der Waals surface area contributed by atoms with E-state index in [9.17, 15) is 0 Å². The number of hydrogen-bond donors (Lipinski definition) is 1. The van der Waals surface area contributed by atoms with Crippen LogP contribution >= 0.6 is 11.8 Å². The van der Waals surface area contributed by atoms with E-state index >= 15 is 0 Å². The first-order valence-corrected chi connectivity index (χ1v) is 7.49. The molecule has 1 rings (SSSR count). The Kier molecular flexibility index (Phi) is 6.08. The van der Waals surface area contributed by atoms with Gasteiger partial charge >= 0.3 is 0 Å². The predicted molar refractivity (Wildman–Crippen MR) is 75.8 cm³/mol. The number of hydrogen-bond acceptors (Lipinski definition) is 5. The van der Waals surface area contributed by atoms with Gasteiger partial charge in [0.1, 0.15) is 0 Å². The van der Waals surface area contributed by atoms with E-state index in [-0.39, 0.29) is 0 Å². The number of tetrazole rings is 1. The van der Waals surface area contributed by atoms with Gasteiger partial charge in [0.2, 0.25) is 5.16 Å². The fraction of sp³-hybridized carbons (Fsp3) is 0.917. The lowest BCUT2D eigenvalue weighted by Gasteiger charge is -2.16. The lowest BCUT2D eigenvalue weighted by Crippen LogP contribution is -2.27. The van der Waals surface area contributed by atoms with Gasteiger partial charge in [-0.1, -0.05) is 46.4 Å². The Morgan fingerprint density at radius 1 is 1.33 bits per heavy atom. The van der Waals surface area contributed by atoms with Gasteiger partial charge in [0.15, 0.2) is 0 Å². The van der Waals surface area contributed by atoms with Gasteiger partial charge in [-0.05, 0) is 22.3 Å². The van der Waals surface area contributed by atoms with Crippen LogP contribution in [0, 0.1) is 5.41 Å². The Labute approximate surface area is 114 Å². The second-order valence-electron chi connectivity index (χ2n) is 5.95. The first kappa shape index (κ1) is 15.4. The molecule has 0 aliphatic carbocycles. The number of rotatable bonds is 7. The maximum absolute atomic E-state index is 4.07. The predicted octanol–water partition coefficient (Wildman–Crippen LogP) is 2.20. The van der Waals surface area contributed by atoms with Crippen LogP contribution in [0.4, 0.5) is 0 Å². The molecule has 5 nitrogen and oxygen atoms in total. The molecular weight excluding hydrogens is 246 g/mol. The summed E-state index contributed by atoms with van der Waals surface area (Å²) in [6, 6.07) is 0.499. The minimum Gasteiger partial charge on any atom is -0.313 e. The van der Waals surface area contributed by atoms with Crippen molar-refractivity contribution in [3.05, 3.63) is 0 Å². The van der Waals surface area contributed by atoms with E-state index in [0.29, 0.717) is 11.5 Å². The van der Waals surface area contributed by atoms with E-state index in [4.69, 9.17) is 0 Å².